The summed E-state index contributed by atoms with van der Waals surface area (Å²) in [7, 11) is 1.47. The van der Waals surface area contributed by atoms with Gasteiger partial charge in [-0.15, -0.1) is 0 Å². The molecule has 0 N–H and O–H groups in total. The van der Waals surface area contributed by atoms with Gasteiger partial charge < -0.3 is 19.4 Å². The van der Waals surface area contributed by atoms with E-state index in [2.05, 4.69) is 4.99 Å². The van der Waals surface area contributed by atoms with Crippen LogP contribution < -0.4 is 14.6 Å². The number of nitrogens with zero attached hydrogens (tertiary/aromatic N) is 2. The summed E-state index contributed by atoms with van der Waals surface area (Å²) in [5, 5.41) is 11.3. The van der Waals surface area contributed by atoms with E-state index in [1.54, 1.807) is 23.1 Å². The molecule has 1 aliphatic rings. The molecule has 7 nitrogen and oxygen atoms in total. The van der Waals surface area contributed by atoms with Crippen molar-refractivity contribution >= 4 is 63.2 Å². The second kappa shape index (κ2) is 9.98. The van der Waals surface area contributed by atoms with Gasteiger partial charge in [0.25, 0.3) is 5.91 Å². The molecule has 1 fully saturated rings. The number of carbonyl (C=O) groups is 2. The van der Waals surface area contributed by atoms with Crippen molar-refractivity contribution in [2.45, 2.75) is 6.92 Å². The van der Waals surface area contributed by atoms with E-state index >= 15 is 0 Å². The van der Waals surface area contributed by atoms with E-state index in [4.69, 9.17) is 9.47 Å². The number of benzene rings is 2. The lowest BCUT2D eigenvalue weighted by Gasteiger charge is -2.14. The molecule has 9 heteroatoms. The van der Waals surface area contributed by atoms with Gasteiger partial charge in [0.1, 0.15) is 6.61 Å². The van der Waals surface area contributed by atoms with Crippen LogP contribution in [0.3, 0.4) is 0 Å². The van der Waals surface area contributed by atoms with E-state index in [1.807, 2.05) is 59.8 Å². The van der Waals surface area contributed by atoms with Crippen LogP contribution in [-0.4, -0.2) is 42.2 Å². The number of carboxylic acids is 1. The highest BCUT2D eigenvalue weighted by atomic mass is 127. The number of carboxylic acid groups (broad SMARTS) is 1. The number of para-hydroxylation sites is 1. The number of likely N-dealkylation sites (N-methyl/N-ethyl adjacent to an activating group) is 1. The molecule has 0 unspecified atom stereocenters. The quantitative estimate of drug-likeness (QED) is 0.399. The molecule has 2 aromatic carbocycles. The molecule has 1 aliphatic heterocycles. The van der Waals surface area contributed by atoms with Gasteiger partial charge in [0.05, 0.1) is 27.2 Å². The third-order valence-electron chi connectivity index (χ3n) is 4.07. The first-order valence-corrected chi connectivity index (χ1v) is 10.9. The first-order chi connectivity index (χ1) is 14.4. The van der Waals surface area contributed by atoms with Gasteiger partial charge in [-0.05, 0) is 77.2 Å². The van der Waals surface area contributed by atoms with Gasteiger partial charge in [-0.1, -0.05) is 18.2 Å². The Balaban J connectivity index is 1.92. The average Bonchev–Trinajstić information content (AvgIpc) is 3.01. The Bertz CT molecular complexity index is 1020. The van der Waals surface area contributed by atoms with E-state index in [1.165, 1.54) is 18.9 Å². The monoisotopic (exact) mass is 537 g/mol. The maximum atomic E-state index is 12.9. The highest BCUT2D eigenvalue weighted by Gasteiger charge is 2.32. The molecule has 2 aromatic rings. The highest BCUT2D eigenvalue weighted by Crippen LogP contribution is 2.37. The van der Waals surface area contributed by atoms with Crippen LogP contribution in [0.2, 0.25) is 0 Å². The molecule has 30 heavy (non-hydrogen) atoms. The Labute approximate surface area is 191 Å². The number of halogens is 1. The maximum Gasteiger partial charge on any atom is 0.266 e. The lowest BCUT2D eigenvalue weighted by molar-refractivity contribution is -0.307. The Morgan fingerprint density at radius 2 is 2.03 bits per heavy atom. The van der Waals surface area contributed by atoms with Crippen molar-refractivity contribution in [2.24, 2.45) is 4.99 Å². The number of aliphatic imine (C=N–C) groups is 1. The highest BCUT2D eigenvalue weighted by molar-refractivity contribution is 14.1. The van der Waals surface area contributed by atoms with Crippen LogP contribution in [-0.2, 0) is 9.59 Å². The summed E-state index contributed by atoms with van der Waals surface area (Å²) >= 11 is 3.34. The van der Waals surface area contributed by atoms with Crippen LogP contribution >= 0.6 is 34.4 Å². The summed E-state index contributed by atoms with van der Waals surface area (Å²) in [5.41, 5.74) is 1.50. The molecule has 3 rings (SSSR count). The Hall–Kier alpha value is -2.53. The number of amides is 1. The molecule has 156 valence electrons. The standard InChI is InChI=1S/C21H19IN2O5S/c1-3-24-20(27)17(30-21(24)23-14-7-5-4-6-8-14)11-13-9-15(22)19(16(10-13)28-2)29-12-18(25)26/h4-11H,3,12H2,1-2H3,(H,25,26)/p-1/b17-11+,23-21?. The van der Waals surface area contributed by atoms with Gasteiger partial charge in [0.15, 0.2) is 16.7 Å². The van der Waals surface area contributed by atoms with E-state index in [9.17, 15) is 14.7 Å². The van der Waals surface area contributed by atoms with Crippen LogP contribution in [0.4, 0.5) is 5.69 Å². The number of hydrogen-bond donors (Lipinski definition) is 0. The minimum Gasteiger partial charge on any atom is -0.546 e. The number of amidine groups is 1. The van der Waals surface area contributed by atoms with E-state index < -0.39 is 12.6 Å². The summed E-state index contributed by atoms with van der Waals surface area (Å²) in [6, 6.07) is 12.9. The SMILES string of the molecule is CCN1C(=O)/C(=C\c2cc(I)c(OCC(=O)[O-])c(OC)c2)SC1=Nc1ccccc1. The summed E-state index contributed by atoms with van der Waals surface area (Å²) in [6.07, 6.45) is 1.76. The molecule has 0 aliphatic carbocycles. The number of thioether (sulfide) groups is 1. The molecule has 0 radical (unpaired) electrons. The minimum absolute atomic E-state index is 0.122. The van der Waals surface area contributed by atoms with Crippen LogP contribution in [0.5, 0.6) is 11.5 Å². The van der Waals surface area contributed by atoms with Gasteiger partial charge in [-0.2, -0.15) is 0 Å². The molecule has 1 saturated heterocycles. The minimum atomic E-state index is -1.32. The smallest absolute Gasteiger partial charge is 0.266 e. The number of carbonyl (C=O) groups excluding carboxylic acids is 2. The number of ether oxygens (including phenoxy) is 2. The number of hydrogen-bond acceptors (Lipinski definition) is 7. The fourth-order valence-electron chi connectivity index (χ4n) is 2.73. The lowest BCUT2D eigenvalue weighted by Crippen LogP contribution is -2.29. The van der Waals surface area contributed by atoms with Crippen molar-refractivity contribution in [1.29, 1.82) is 0 Å². The molecular formula is C21H18IN2O5S-. The van der Waals surface area contributed by atoms with Crippen LogP contribution in [0.25, 0.3) is 6.08 Å². The fraction of sp³-hybridized carbons (Fsp3) is 0.190. The predicted octanol–water partition coefficient (Wildman–Crippen LogP) is 3.05. The average molecular weight is 537 g/mol. The zero-order valence-corrected chi connectivity index (χ0v) is 19.2. The summed E-state index contributed by atoms with van der Waals surface area (Å²) in [5.74, 6) is -0.757. The molecule has 0 bridgehead atoms. The van der Waals surface area contributed by atoms with Crippen LogP contribution in [0.1, 0.15) is 12.5 Å². The largest absolute Gasteiger partial charge is 0.546 e. The van der Waals surface area contributed by atoms with Gasteiger partial charge in [-0.25, -0.2) is 4.99 Å². The topological polar surface area (TPSA) is 91.3 Å². The molecule has 1 amide bonds. The summed E-state index contributed by atoms with van der Waals surface area (Å²) in [6.45, 7) is 1.83. The van der Waals surface area contributed by atoms with Gasteiger partial charge in [0, 0.05) is 6.54 Å². The van der Waals surface area contributed by atoms with Crippen LogP contribution in [0, 0.1) is 3.57 Å². The van der Waals surface area contributed by atoms with E-state index in [0.29, 0.717) is 31.7 Å². The first-order valence-electron chi connectivity index (χ1n) is 8.98. The van der Waals surface area contributed by atoms with E-state index in [-0.39, 0.29) is 5.91 Å². The van der Waals surface area contributed by atoms with Gasteiger partial charge in [-0.3, -0.25) is 9.69 Å². The normalized spacial score (nSPS) is 16.4. The molecule has 0 atom stereocenters. The number of rotatable bonds is 7. The maximum absolute atomic E-state index is 12.9. The zero-order valence-electron chi connectivity index (χ0n) is 16.3. The molecule has 1 heterocycles. The van der Waals surface area contributed by atoms with Gasteiger partial charge >= 0.3 is 0 Å². The molecular weight excluding hydrogens is 519 g/mol. The molecule has 0 saturated carbocycles. The van der Waals surface area contributed by atoms with Crippen molar-refractivity contribution in [3.63, 3.8) is 0 Å². The van der Waals surface area contributed by atoms with E-state index in [0.717, 1.165) is 11.3 Å². The number of methoxy groups -OCH3 is 1. The van der Waals surface area contributed by atoms with Gasteiger partial charge in [0.2, 0.25) is 0 Å². The summed E-state index contributed by atoms with van der Waals surface area (Å²) < 4.78 is 11.3. The second-order valence-electron chi connectivity index (χ2n) is 6.08. The lowest BCUT2D eigenvalue weighted by atomic mass is 10.2. The Morgan fingerprint density at radius 3 is 2.67 bits per heavy atom. The third-order valence-corrected chi connectivity index (χ3v) is 5.88. The first kappa shape index (κ1) is 22.2. The number of aliphatic carboxylic acids is 1. The fourth-order valence-corrected chi connectivity index (χ4v) is 4.57. The molecule has 0 aromatic heterocycles. The van der Waals surface area contributed by atoms with Crippen LogP contribution in [0.15, 0.2) is 52.4 Å². The summed E-state index contributed by atoms with van der Waals surface area (Å²) in [4.78, 5) is 30.3. The third kappa shape index (κ3) is 5.14. The molecule has 0 spiro atoms. The predicted molar refractivity (Wildman–Crippen MR) is 123 cm³/mol. The Kier molecular flexibility index (Phi) is 7.38. The van der Waals surface area contributed by atoms with Crippen molar-refractivity contribution < 1.29 is 24.2 Å². The van der Waals surface area contributed by atoms with Crippen molar-refractivity contribution in [2.75, 3.05) is 20.3 Å². The van der Waals surface area contributed by atoms with Crippen molar-refractivity contribution in [3.8, 4) is 11.5 Å². The Morgan fingerprint density at radius 1 is 1.30 bits per heavy atom. The zero-order chi connectivity index (χ0) is 21.7. The van der Waals surface area contributed by atoms with Crippen molar-refractivity contribution in [1.82, 2.24) is 4.90 Å². The van der Waals surface area contributed by atoms with Crippen molar-refractivity contribution in [3.05, 3.63) is 56.5 Å². The second-order valence-corrected chi connectivity index (χ2v) is 8.26.